The number of quaternary nitrogens is 1. The minimum Gasteiger partial charge on any atom is -0.507 e. The van der Waals surface area contributed by atoms with Crippen molar-refractivity contribution >= 4 is 40.4 Å². The highest BCUT2D eigenvalue weighted by atomic mass is 35.5. The third-order valence-corrected chi connectivity index (χ3v) is 6.07. The average molecular weight is 436 g/mol. The van der Waals surface area contributed by atoms with E-state index in [-0.39, 0.29) is 11.3 Å². The van der Waals surface area contributed by atoms with Gasteiger partial charge < -0.3 is 19.6 Å². The van der Waals surface area contributed by atoms with Crippen LogP contribution in [0.1, 0.15) is 22.9 Å². The molecule has 1 amide bonds. The quantitative estimate of drug-likeness (QED) is 0.398. The lowest BCUT2D eigenvalue weighted by atomic mass is 9.99. The number of methoxy groups -OCH3 is 1. The second-order valence-electron chi connectivity index (χ2n) is 7.17. The van der Waals surface area contributed by atoms with Crippen LogP contribution in [-0.2, 0) is 9.59 Å². The number of amides is 1. The maximum Gasteiger partial charge on any atom is 0.295 e. The van der Waals surface area contributed by atoms with Gasteiger partial charge in [0.15, 0.2) is 0 Å². The summed E-state index contributed by atoms with van der Waals surface area (Å²) in [4.78, 5) is 29.3. The van der Waals surface area contributed by atoms with Gasteiger partial charge in [0.25, 0.3) is 11.7 Å². The number of aliphatic hydroxyl groups excluding tert-OH is 1. The molecule has 0 saturated carbocycles. The molecule has 0 radical (unpaired) electrons. The number of nitrogens with one attached hydrogen (secondary N) is 1. The SMILES string of the molecule is COc1ccc(C(O)=C2C(=O)C(=O)N(CCC[NH+](C)C)[C@H]2c2cccs2)cc1Cl. The van der Waals surface area contributed by atoms with Crippen molar-refractivity contribution in [1.29, 1.82) is 0 Å². The minimum absolute atomic E-state index is 0.0934. The van der Waals surface area contributed by atoms with Crippen LogP contribution in [0.5, 0.6) is 5.75 Å². The minimum atomic E-state index is -0.676. The fourth-order valence-corrected chi connectivity index (χ4v) is 4.53. The summed E-state index contributed by atoms with van der Waals surface area (Å²) >= 11 is 7.64. The van der Waals surface area contributed by atoms with E-state index in [2.05, 4.69) is 0 Å². The zero-order valence-electron chi connectivity index (χ0n) is 16.6. The monoisotopic (exact) mass is 435 g/mol. The van der Waals surface area contributed by atoms with E-state index < -0.39 is 17.7 Å². The molecule has 1 aliphatic rings. The molecule has 1 aliphatic heterocycles. The number of hydrogen-bond donors (Lipinski definition) is 2. The number of ketones is 1. The van der Waals surface area contributed by atoms with Gasteiger partial charge in [-0.15, -0.1) is 11.3 Å². The molecule has 0 bridgehead atoms. The predicted molar refractivity (Wildman–Crippen MR) is 114 cm³/mol. The van der Waals surface area contributed by atoms with E-state index in [0.29, 0.717) is 22.9 Å². The van der Waals surface area contributed by atoms with Gasteiger partial charge in [0.05, 0.1) is 44.4 Å². The standard InChI is InChI=1S/C21H23ClN2O4S/c1-23(2)9-5-10-24-18(16-6-4-11-29-16)17(20(26)21(24)27)19(25)13-7-8-15(28-3)14(22)12-13/h4,6-8,11-12,18,25H,5,9-10H2,1-3H3/p+1/t18-/m0/s1. The molecule has 6 nitrogen and oxygen atoms in total. The van der Waals surface area contributed by atoms with Crippen molar-refractivity contribution in [3.8, 4) is 5.75 Å². The zero-order valence-corrected chi connectivity index (χ0v) is 18.1. The molecule has 8 heteroatoms. The summed E-state index contributed by atoms with van der Waals surface area (Å²) in [5.74, 6) is -1.03. The number of benzene rings is 1. The van der Waals surface area contributed by atoms with Crippen molar-refractivity contribution in [3.05, 3.63) is 56.7 Å². The fraction of sp³-hybridized carbons (Fsp3) is 0.333. The first kappa shape index (κ1) is 21.4. The number of rotatable bonds is 7. The Morgan fingerprint density at radius 1 is 1.31 bits per heavy atom. The summed E-state index contributed by atoms with van der Waals surface area (Å²) < 4.78 is 5.14. The lowest BCUT2D eigenvalue weighted by molar-refractivity contribution is -0.858. The maximum atomic E-state index is 12.9. The van der Waals surface area contributed by atoms with Gasteiger partial charge in [-0.05, 0) is 29.6 Å². The number of Topliss-reactive ketones (excluding diaryl/α,β-unsaturated/α-hetero) is 1. The lowest BCUT2D eigenvalue weighted by Gasteiger charge is -2.24. The molecule has 1 saturated heterocycles. The van der Waals surface area contributed by atoms with Gasteiger partial charge in [-0.3, -0.25) is 9.59 Å². The molecular formula is C21H24ClN2O4S+. The molecule has 0 spiro atoms. The van der Waals surface area contributed by atoms with Gasteiger partial charge in [0.2, 0.25) is 0 Å². The largest absolute Gasteiger partial charge is 0.507 e. The molecule has 0 unspecified atom stereocenters. The molecule has 1 atom stereocenters. The molecule has 1 aromatic heterocycles. The van der Waals surface area contributed by atoms with Crippen LogP contribution in [0.2, 0.25) is 5.02 Å². The van der Waals surface area contributed by atoms with Crippen LogP contribution in [0.3, 0.4) is 0 Å². The number of carbonyl (C=O) groups excluding carboxylic acids is 2. The van der Waals surface area contributed by atoms with E-state index in [0.717, 1.165) is 17.8 Å². The first-order chi connectivity index (χ1) is 13.8. The molecule has 2 aromatic rings. The van der Waals surface area contributed by atoms with Gasteiger partial charge in [-0.2, -0.15) is 0 Å². The lowest BCUT2D eigenvalue weighted by Crippen LogP contribution is -3.05. The highest BCUT2D eigenvalue weighted by molar-refractivity contribution is 7.10. The summed E-state index contributed by atoms with van der Waals surface area (Å²) in [6.07, 6.45) is 0.756. The molecule has 154 valence electrons. The number of hydrogen-bond acceptors (Lipinski definition) is 5. The first-order valence-corrected chi connectivity index (χ1v) is 10.6. The second-order valence-corrected chi connectivity index (χ2v) is 8.55. The fourth-order valence-electron chi connectivity index (χ4n) is 3.43. The summed E-state index contributed by atoms with van der Waals surface area (Å²) in [7, 11) is 5.58. The van der Waals surface area contributed by atoms with Gasteiger partial charge in [-0.1, -0.05) is 17.7 Å². The molecule has 1 aromatic carbocycles. The van der Waals surface area contributed by atoms with Crippen LogP contribution in [-0.4, -0.2) is 56.0 Å². The smallest absolute Gasteiger partial charge is 0.295 e. The Bertz CT molecular complexity index is 940. The molecule has 29 heavy (non-hydrogen) atoms. The maximum absolute atomic E-state index is 12.9. The topological polar surface area (TPSA) is 71.3 Å². The molecule has 0 aliphatic carbocycles. The third kappa shape index (κ3) is 4.32. The average Bonchev–Trinajstić information content (AvgIpc) is 3.29. The number of aliphatic hydroxyl groups is 1. The summed E-state index contributed by atoms with van der Waals surface area (Å²) in [6, 6.07) is 7.91. The van der Waals surface area contributed by atoms with Crippen molar-refractivity contribution in [3.63, 3.8) is 0 Å². The van der Waals surface area contributed by atoms with E-state index >= 15 is 0 Å². The van der Waals surface area contributed by atoms with Crippen LogP contribution in [0, 0.1) is 0 Å². The van der Waals surface area contributed by atoms with Crippen LogP contribution >= 0.6 is 22.9 Å². The Morgan fingerprint density at radius 3 is 2.66 bits per heavy atom. The van der Waals surface area contributed by atoms with Gasteiger partial charge in [0.1, 0.15) is 11.5 Å². The van der Waals surface area contributed by atoms with Crippen LogP contribution in [0.4, 0.5) is 0 Å². The normalized spacial score (nSPS) is 18.7. The van der Waals surface area contributed by atoms with E-state index in [1.807, 2.05) is 31.6 Å². The Kier molecular flexibility index (Phi) is 6.62. The molecule has 2 heterocycles. The highest BCUT2D eigenvalue weighted by Gasteiger charge is 2.46. The highest BCUT2D eigenvalue weighted by Crippen LogP contribution is 2.41. The number of ether oxygens (including phenoxy) is 1. The van der Waals surface area contributed by atoms with Crippen molar-refractivity contribution in [1.82, 2.24) is 4.90 Å². The van der Waals surface area contributed by atoms with Crippen molar-refractivity contribution in [2.24, 2.45) is 0 Å². The Labute approximate surface area is 179 Å². The predicted octanol–water partition coefficient (Wildman–Crippen LogP) is 2.37. The first-order valence-electron chi connectivity index (χ1n) is 9.30. The zero-order chi connectivity index (χ0) is 21.1. The van der Waals surface area contributed by atoms with E-state index in [9.17, 15) is 14.7 Å². The van der Waals surface area contributed by atoms with Crippen molar-refractivity contribution < 1.29 is 24.3 Å². The second kappa shape index (κ2) is 8.98. The van der Waals surface area contributed by atoms with Crippen molar-refractivity contribution in [2.45, 2.75) is 12.5 Å². The number of likely N-dealkylation sites (tertiary alicyclic amines) is 1. The Hall–Kier alpha value is -2.35. The number of halogens is 1. The third-order valence-electron chi connectivity index (χ3n) is 4.85. The Balaban J connectivity index is 2.05. The van der Waals surface area contributed by atoms with E-state index in [1.54, 1.807) is 17.0 Å². The van der Waals surface area contributed by atoms with Crippen LogP contribution < -0.4 is 9.64 Å². The Morgan fingerprint density at radius 2 is 2.07 bits per heavy atom. The molecule has 3 rings (SSSR count). The van der Waals surface area contributed by atoms with Crippen molar-refractivity contribution in [2.75, 3.05) is 34.3 Å². The number of nitrogens with zero attached hydrogens (tertiary/aromatic N) is 1. The van der Waals surface area contributed by atoms with Gasteiger partial charge >= 0.3 is 0 Å². The van der Waals surface area contributed by atoms with Crippen LogP contribution in [0.15, 0.2) is 41.3 Å². The van der Waals surface area contributed by atoms with Gasteiger partial charge in [0, 0.05) is 23.4 Å². The van der Waals surface area contributed by atoms with Crippen LogP contribution in [0.25, 0.3) is 5.76 Å². The number of carbonyl (C=O) groups is 2. The molecule has 2 N–H and O–H groups in total. The summed E-state index contributed by atoms with van der Waals surface area (Å²) in [5, 5.41) is 13.2. The van der Waals surface area contributed by atoms with Gasteiger partial charge in [-0.25, -0.2) is 0 Å². The molecular weight excluding hydrogens is 412 g/mol. The summed E-state index contributed by atoms with van der Waals surface area (Å²) in [6.45, 7) is 1.31. The summed E-state index contributed by atoms with van der Waals surface area (Å²) in [5.41, 5.74) is 0.462. The number of thiophene rings is 1. The van der Waals surface area contributed by atoms with E-state index in [1.165, 1.54) is 29.4 Å². The molecule has 1 fully saturated rings. The van der Waals surface area contributed by atoms with E-state index in [4.69, 9.17) is 16.3 Å².